The summed E-state index contributed by atoms with van der Waals surface area (Å²) in [4.78, 5) is 29.9. The van der Waals surface area contributed by atoms with Gasteiger partial charge in [0.15, 0.2) is 11.0 Å². The standard InChI is InChI=1S/C18H22N6O2S/c1-23(10-15(25)20-13-4-5-13)16(26)11-27-18-22-21-17(24(18)14-6-7-14)12-3-2-8-19-9-12/h2-3,8-9,13-14H,4-7,10-11H2,1H3,(H,20,25). The van der Waals surface area contributed by atoms with Crippen molar-refractivity contribution in [3.8, 4) is 11.4 Å². The highest BCUT2D eigenvalue weighted by Crippen LogP contribution is 2.40. The fraction of sp³-hybridized carbons (Fsp3) is 0.500. The molecule has 4 rings (SSSR count). The number of likely N-dealkylation sites (N-methyl/N-ethyl adjacent to an activating group) is 1. The van der Waals surface area contributed by atoms with E-state index in [0.29, 0.717) is 12.1 Å². The van der Waals surface area contributed by atoms with E-state index in [2.05, 4.69) is 25.1 Å². The number of nitrogens with zero attached hydrogens (tertiary/aromatic N) is 5. The van der Waals surface area contributed by atoms with Crippen LogP contribution in [-0.4, -0.2) is 61.8 Å². The number of aromatic nitrogens is 4. The Morgan fingerprint density at radius 1 is 1.30 bits per heavy atom. The SMILES string of the molecule is CN(CC(=O)NC1CC1)C(=O)CSc1nnc(-c2cccnc2)n1C1CC1. The summed E-state index contributed by atoms with van der Waals surface area (Å²) >= 11 is 1.37. The second-order valence-corrected chi connectivity index (χ2v) is 7.97. The van der Waals surface area contributed by atoms with Crippen LogP contribution in [0.4, 0.5) is 0 Å². The van der Waals surface area contributed by atoms with Crippen LogP contribution in [0.25, 0.3) is 11.4 Å². The van der Waals surface area contributed by atoms with Gasteiger partial charge in [-0.25, -0.2) is 0 Å². The summed E-state index contributed by atoms with van der Waals surface area (Å²) in [5.41, 5.74) is 0.920. The fourth-order valence-electron chi connectivity index (χ4n) is 2.77. The molecule has 0 bridgehead atoms. The Bertz CT molecular complexity index is 832. The summed E-state index contributed by atoms with van der Waals surface area (Å²) in [6, 6.07) is 4.52. The zero-order valence-electron chi connectivity index (χ0n) is 15.2. The Labute approximate surface area is 161 Å². The zero-order valence-corrected chi connectivity index (χ0v) is 16.0. The first kappa shape index (κ1) is 18.0. The molecule has 2 aromatic rings. The molecular formula is C18H22N6O2S. The van der Waals surface area contributed by atoms with E-state index in [-0.39, 0.29) is 24.1 Å². The number of nitrogens with one attached hydrogen (secondary N) is 1. The van der Waals surface area contributed by atoms with Crippen molar-refractivity contribution in [3.05, 3.63) is 24.5 Å². The quantitative estimate of drug-likeness (QED) is 0.691. The molecule has 0 saturated heterocycles. The Morgan fingerprint density at radius 3 is 2.78 bits per heavy atom. The molecule has 2 aromatic heterocycles. The highest BCUT2D eigenvalue weighted by molar-refractivity contribution is 7.99. The molecule has 2 heterocycles. The Morgan fingerprint density at radius 2 is 2.11 bits per heavy atom. The van der Waals surface area contributed by atoms with Crippen molar-refractivity contribution in [1.29, 1.82) is 0 Å². The number of pyridine rings is 1. The van der Waals surface area contributed by atoms with Crippen LogP contribution in [0.3, 0.4) is 0 Å². The van der Waals surface area contributed by atoms with Crippen molar-refractivity contribution >= 4 is 23.6 Å². The smallest absolute Gasteiger partial charge is 0.239 e. The largest absolute Gasteiger partial charge is 0.352 e. The minimum atomic E-state index is -0.0987. The van der Waals surface area contributed by atoms with Gasteiger partial charge in [-0.3, -0.25) is 19.1 Å². The fourth-order valence-corrected chi connectivity index (χ4v) is 3.72. The maximum atomic E-state index is 12.4. The minimum Gasteiger partial charge on any atom is -0.352 e. The van der Waals surface area contributed by atoms with Gasteiger partial charge in [-0.1, -0.05) is 11.8 Å². The number of hydrogen-bond donors (Lipinski definition) is 1. The summed E-state index contributed by atoms with van der Waals surface area (Å²) in [6.07, 6.45) is 7.76. The Hall–Kier alpha value is -2.42. The number of hydrogen-bond acceptors (Lipinski definition) is 6. The molecule has 2 fully saturated rings. The van der Waals surface area contributed by atoms with Gasteiger partial charge in [0, 0.05) is 37.1 Å². The maximum Gasteiger partial charge on any atom is 0.239 e. The van der Waals surface area contributed by atoms with Crippen molar-refractivity contribution < 1.29 is 9.59 Å². The molecule has 0 atom stereocenters. The highest BCUT2D eigenvalue weighted by Gasteiger charge is 2.30. The maximum absolute atomic E-state index is 12.4. The van der Waals surface area contributed by atoms with Gasteiger partial charge in [0.05, 0.1) is 12.3 Å². The monoisotopic (exact) mass is 386 g/mol. The molecule has 0 aliphatic heterocycles. The molecule has 142 valence electrons. The third-order valence-corrected chi connectivity index (χ3v) is 5.50. The van der Waals surface area contributed by atoms with Crippen LogP contribution in [-0.2, 0) is 9.59 Å². The molecule has 2 saturated carbocycles. The van der Waals surface area contributed by atoms with Crippen LogP contribution >= 0.6 is 11.8 Å². The van der Waals surface area contributed by atoms with Gasteiger partial charge in [-0.05, 0) is 37.8 Å². The molecule has 0 aromatic carbocycles. The van der Waals surface area contributed by atoms with Gasteiger partial charge in [0.1, 0.15) is 0 Å². The third kappa shape index (κ3) is 4.47. The van der Waals surface area contributed by atoms with E-state index in [1.165, 1.54) is 16.7 Å². The van der Waals surface area contributed by atoms with Crippen LogP contribution in [0.2, 0.25) is 0 Å². The van der Waals surface area contributed by atoms with Crippen molar-refractivity contribution in [1.82, 2.24) is 30.0 Å². The predicted octanol–water partition coefficient (Wildman–Crippen LogP) is 1.50. The van der Waals surface area contributed by atoms with Crippen LogP contribution in [0.1, 0.15) is 31.7 Å². The van der Waals surface area contributed by atoms with Crippen molar-refractivity contribution in [2.75, 3.05) is 19.3 Å². The lowest BCUT2D eigenvalue weighted by Gasteiger charge is -2.16. The van der Waals surface area contributed by atoms with Gasteiger partial charge in [-0.2, -0.15) is 0 Å². The normalized spacial score (nSPS) is 16.2. The van der Waals surface area contributed by atoms with Gasteiger partial charge in [0.2, 0.25) is 11.8 Å². The van der Waals surface area contributed by atoms with Crippen LogP contribution in [0.5, 0.6) is 0 Å². The topological polar surface area (TPSA) is 93.0 Å². The van der Waals surface area contributed by atoms with Crippen molar-refractivity contribution in [2.24, 2.45) is 0 Å². The van der Waals surface area contributed by atoms with E-state index in [4.69, 9.17) is 0 Å². The lowest BCUT2D eigenvalue weighted by Crippen LogP contribution is -2.39. The average molecular weight is 386 g/mol. The van der Waals surface area contributed by atoms with E-state index >= 15 is 0 Å². The number of thioether (sulfide) groups is 1. The Balaban J connectivity index is 1.38. The minimum absolute atomic E-state index is 0.0894. The molecule has 2 aliphatic rings. The number of amides is 2. The molecule has 1 N–H and O–H groups in total. The number of carbonyl (C=O) groups excluding carboxylic acids is 2. The van der Waals surface area contributed by atoms with Crippen LogP contribution < -0.4 is 5.32 Å². The third-order valence-electron chi connectivity index (χ3n) is 4.57. The number of rotatable bonds is 8. The zero-order chi connectivity index (χ0) is 18.8. The molecule has 27 heavy (non-hydrogen) atoms. The highest BCUT2D eigenvalue weighted by atomic mass is 32.2. The van der Waals surface area contributed by atoms with Gasteiger partial charge < -0.3 is 10.2 Å². The van der Waals surface area contributed by atoms with Gasteiger partial charge in [0.25, 0.3) is 0 Å². The van der Waals surface area contributed by atoms with E-state index < -0.39 is 0 Å². The summed E-state index contributed by atoms with van der Waals surface area (Å²) in [6.45, 7) is 0.0894. The van der Waals surface area contributed by atoms with E-state index in [1.807, 2.05) is 12.1 Å². The lowest BCUT2D eigenvalue weighted by molar-refractivity contribution is -0.132. The first-order chi connectivity index (χ1) is 13.1. The molecule has 0 radical (unpaired) electrons. The Kier molecular flexibility index (Phi) is 5.11. The molecule has 0 unspecified atom stereocenters. The molecular weight excluding hydrogens is 364 g/mol. The summed E-state index contributed by atoms with van der Waals surface area (Å²) in [5, 5.41) is 12.2. The lowest BCUT2D eigenvalue weighted by atomic mass is 10.3. The number of carbonyl (C=O) groups is 2. The van der Waals surface area contributed by atoms with Gasteiger partial charge in [-0.15, -0.1) is 10.2 Å². The molecule has 0 spiro atoms. The second kappa shape index (κ2) is 7.67. The van der Waals surface area contributed by atoms with E-state index in [1.54, 1.807) is 19.4 Å². The van der Waals surface area contributed by atoms with E-state index in [0.717, 1.165) is 42.2 Å². The first-order valence-corrected chi connectivity index (χ1v) is 10.1. The molecule has 8 nitrogen and oxygen atoms in total. The predicted molar refractivity (Wildman–Crippen MR) is 101 cm³/mol. The summed E-state index contributed by atoms with van der Waals surface area (Å²) in [5.74, 6) is 0.820. The van der Waals surface area contributed by atoms with Crippen LogP contribution in [0, 0.1) is 0 Å². The van der Waals surface area contributed by atoms with Crippen molar-refractivity contribution in [3.63, 3.8) is 0 Å². The second-order valence-electron chi connectivity index (χ2n) is 7.03. The first-order valence-electron chi connectivity index (χ1n) is 9.13. The van der Waals surface area contributed by atoms with Gasteiger partial charge >= 0.3 is 0 Å². The molecule has 9 heteroatoms. The average Bonchev–Trinajstić information content (AvgIpc) is 3.60. The summed E-state index contributed by atoms with van der Waals surface area (Å²) < 4.78 is 2.11. The summed E-state index contributed by atoms with van der Waals surface area (Å²) in [7, 11) is 1.65. The van der Waals surface area contributed by atoms with Crippen LogP contribution in [0.15, 0.2) is 29.7 Å². The molecule has 2 aliphatic carbocycles. The van der Waals surface area contributed by atoms with E-state index in [9.17, 15) is 9.59 Å². The molecule has 2 amide bonds. The van der Waals surface area contributed by atoms with Crippen molar-refractivity contribution in [2.45, 2.75) is 42.9 Å².